The molecule has 0 spiro atoms. The molecule has 2 rings (SSSR count). The van der Waals surface area contributed by atoms with Gasteiger partial charge in [-0.1, -0.05) is 12.1 Å². The molecule has 0 unspecified atom stereocenters. The molecule has 1 aliphatic rings. The van der Waals surface area contributed by atoms with Crippen molar-refractivity contribution in [3.63, 3.8) is 0 Å². The van der Waals surface area contributed by atoms with Gasteiger partial charge < -0.3 is 14.7 Å². The Morgan fingerprint density at radius 1 is 1.35 bits per heavy atom. The molecule has 4 nitrogen and oxygen atoms in total. The molecule has 1 aromatic carbocycles. The number of carboxylic acid groups (broad SMARTS) is 1. The van der Waals surface area contributed by atoms with Crippen LogP contribution < -0.4 is 4.90 Å². The van der Waals surface area contributed by atoms with Crippen molar-refractivity contribution in [2.24, 2.45) is 0 Å². The molecule has 0 radical (unpaired) electrons. The largest absolute Gasteiger partial charge is 0.481 e. The van der Waals surface area contributed by atoms with Crippen LogP contribution in [0, 0.1) is 0 Å². The molecule has 1 heterocycles. The Labute approximate surface area is 101 Å². The van der Waals surface area contributed by atoms with Crippen molar-refractivity contribution in [2.45, 2.75) is 12.8 Å². The zero-order valence-corrected chi connectivity index (χ0v) is 9.76. The highest BCUT2D eigenvalue weighted by Gasteiger charge is 2.11. The summed E-state index contributed by atoms with van der Waals surface area (Å²) in [5.41, 5.74) is 2.24. The maximum atomic E-state index is 10.5. The number of carboxylic acids is 1. The van der Waals surface area contributed by atoms with E-state index in [0.29, 0.717) is 6.42 Å². The standard InChI is InChI=1S/C13H17NO3/c15-13(16)5-4-11-2-1-3-12(10-11)14-6-8-17-9-7-14/h1-3,10H,4-9H2,(H,15,16). The number of morpholine rings is 1. The molecule has 92 valence electrons. The minimum Gasteiger partial charge on any atom is -0.481 e. The molecule has 4 heteroatoms. The predicted octanol–water partition coefficient (Wildman–Crippen LogP) is 1.54. The molecule has 0 atom stereocenters. The number of aliphatic carboxylic acids is 1. The molecular formula is C13H17NO3. The summed E-state index contributed by atoms with van der Waals surface area (Å²) >= 11 is 0. The molecule has 0 bridgehead atoms. The van der Waals surface area contributed by atoms with Gasteiger partial charge in [-0.15, -0.1) is 0 Å². The topological polar surface area (TPSA) is 49.8 Å². The lowest BCUT2D eigenvalue weighted by Gasteiger charge is -2.29. The van der Waals surface area contributed by atoms with E-state index in [0.717, 1.165) is 37.6 Å². The van der Waals surface area contributed by atoms with E-state index < -0.39 is 5.97 Å². The van der Waals surface area contributed by atoms with Crippen molar-refractivity contribution in [1.82, 2.24) is 0 Å². The van der Waals surface area contributed by atoms with Gasteiger partial charge in [0, 0.05) is 25.2 Å². The highest BCUT2D eigenvalue weighted by atomic mass is 16.5. The summed E-state index contributed by atoms with van der Waals surface area (Å²) < 4.78 is 5.31. The molecule has 1 saturated heterocycles. The summed E-state index contributed by atoms with van der Waals surface area (Å²) in [5.74, 6) is -0.748. The molecule has 0 aromatic heterocycles. The fourth-order valence-electron chi connectivity index (χ4n) is 1.98. The third-order valence-electron chi connectivity index (χ3n) is 2.91. The summed E-state index contributed by atoms with van der Waals surface area (Å²) in [6, 6.07) is 8.11. The van der Waals surface area contributed by atoms with E-state index in [2.05, 4.69) is 17.0 Å². The maximum absolute atomic E-state index is 10.5. The van der Waals surface area contributed by atoms with Crippen LogP contribution in [0.2, 0.25) is 0 Å². The van der Waals surface area contributed by atoms with Gasteiger partial charge in [0.2, 0.25) is 0 Å². The molecule has 1 N–H and O–H groups in total. The monoisotopic (exact) mass is 235 g/mol. The molecule has 17 heavy (non-hydrogen) atoms. The number of aryl methyl sites for hydroxylation is 1. The summed E-state index contributed by atoms with van der Waals surface area (Å²) in [6.07, 6.45) is 0.778. The normalized spacial score (nSPS) is 15.9. The maximum Gasteiger partial charge on any atom is 0.303 e. The molecule has 0 amide bonds. The first-order chi connectivity index (χ1) is 8.25. The fraction of sp³-hybridized carbons (Fsp3) is 0.462. The first kappa shape index (κ1) is 11.9. The Morgan fingerprint density at radius 3 is 2.82 bits per heavy atom. The Kier molecular flexibility index (Phi) is 3.98. The van der Waals surface area contributed by atoms with Gasteiger partial charge in [-0.3, -0.25) is 4.79 Å². The van der Waals surface area contributed by atoms with Crippen LogP contribution in [0.25, 0.3) is 0 Å². The van der Waals surface area contributed by atoms with Crippen LogP contribution in [0.15, 0.2) is 24.3 Å². The highest BCUT2D eigenvalue weighted by molar-refractivity contribution is 5.67. The number of benzene rings is 1. The van der Waals surface area contributed by atoms with Crippen LogP contribution in [0.1, 0.15) is 12.0 Å². The zero-order chi connectivity index (χ0) is 12.1. The van der Waals surface area contributed by atoms with Gasteiger partial charge in [-0.25, -0.2) is 0 Å². The van der Waals surface area contributed by atoms with Crippen molar-refractivity contribution >= 4 is 11.7 Å². The van der Waals surface area contributed by atoms with Crippen LogP contribution in [-0.4, -0.2) is 37.4 Å². The van der Waals surface area contributed by atoms with Crippen molar-refractivity contribution in [3.8, 4) is 0 Å². The van der Waals surface area contributed by atoms with Gasteiger partial charge in [0.1, 0.15) is 0 Å². The quantitative estimate of drug-likeness (QED) is 0.860. The average molecular weight is 235 g/mol. The van der Waals surface area contributed by atoms with Crippen molar-refractivity contribution in [3.05, 3.63) is 29.8 Å². The number of nitrogens with zero attached hydrogens (tertiary/aromatic N) is 1. The Hall–Kier alpha value is -1.55. The van der Waals surface area contributed by atoms with Gasteiger partial charge in [0.25, 0.3) is 0 Å². The zero-order valence-electron chi connectivity index (χ0n) is 9.76. The van der Waals surface area contributed by atoms with Crippen LogP contribution in [0.5, 0.6) is 0 Å². The predicted molar refractivity (Wildman–Crippen MR) is 65.4 cm³/mol. The number of hydrogen-bond donors (Lipinski definition) is 1. The molecule has 1 aliphatic heterocycles. The van der Waals surface area contributed by atoms with E-state index in [1.165, 1.54) is 0 Å². The number of anilines is 1. The molecule has 0 saturated carbocycles. The fourth-order valence-corrected chi connectivity index (χ4v) is 1.98. The Morgan fingerprint density at radius 2 is 2.12 bits per heavy atom. The van der Waals surface area contributed by atoms with E-state index in [4.69, 9.17) is 9.84 Å². The second-order valence-corrected chi connectivity index (χ2v) is 4.16. The minimum atomic E-state index is -0.748. The molecule has 1 fully saturated rings. The third kappa shape index (κ3) is 3.46. The Balaban J connectivity index is 2.02. The van der Waals surface area contributed by atoms with E-state index in [-0.39, 0.29) is 6.42 Å². The van der Waals surface area contributed by atoms with E-state index in [1.807, 2.05) is 12.1 Å². The SMILES string of the molecule is O=C(O)CCc1cccc(N2CCOCC2)c1. The lowest BCUT2D eigenvalue weighted by molar-refractivity contribution is -0.136. The number of ether oxygens (including phenoxy) is 1. The van der Waals surface area contributed by atoms with E-state index in [9.17, 15) is 4.79 Å². The first-order valence-electron chi connectivity index (χ1n) is 5.89. The van der Waals surface area contributed by atoms with Crippen molar-refractivity contribution in [1.29, 1.82) is 0 Å². The van der Waals surface area contributed by atoms with Gasteiger partial charge in [0.15, 0.2) is 0 Å². The smallest absolute Gasteiger partial charge is 0.303 e. The summed E-state index contributed by atoms with van der Waals surface area (Å²) in [6.45, 7) is 3.34. The number of hydrogen-bond acceptors (Lipinski definition) is 3. The average Bonchev–Trinajstić information content (AvgIpc) is 2.38. The summed E-state index contributed by atoms with van der Waals surface area (Å²) in [5, 5.41) is 8.67. The number of carbonyl (C=O) groups is 1. The van der Waals surface area contributed by atoms with Crippen molar-refractivity contribution < 1.29 is 14.6 Å². The molecule has 0 aliphatic carbocycles. The summed E-state index contributed by atoms with van der Waals surface area (Å²) in [4.78, 5) is 12.8. The van der Waals surface area contributed by atoms with Crippen LogP contribution in [0.3, 0.4) is 0 Å². The van der Waals surface area contributed by atoms with Crippen molar-refractivity contribution in [2.75, 3.05) is 31.2 Å². The van der Waals surface area contributed by atoms with E-state index >= 15 is 0 Å². The lowest BCUT2D eigenvalue weighted by atomic mass is 10.1. The van der Waals surface area contributed by atoms with Crippen LogP contribution in [-0.2, 0) is 16.0 Å². The summed E-state index contributed by atoms with van der Waals surface area (Å²) in [7, 11) is 0. The second-order valence-electron chi connectivity index (χ2n) is 4.16. The third-order valence-corrected chi connectivity index (χ3v) is 2.91. The van der Waals surface area contributed by atoms with Gasteiger partial charge in [-0.05, 0) is 24.1 Å². The van der Waals surface area contributed by atoms with Gasteiger partial charge >= 0.3 is 5.97 Å². The minimum absolute atomic E-state index is 0.187. The first-order valence-corrected chi connectivity index (χ1v) is 5.89. The van der Waals surface area contributed by atoms with Crippen LogP contribution >= 0.6 is 0 Å². The lowest BCUT2D eigenvalue weighted by Crippen LogP contribution is -2.36. The van der Waals surface area contributed by atoms with Crippen LogP contribution in [0.4, 0.5) is 5.69 Å². The molecular weight excluding hydrogens is 218 g/mol. The number of rotatable bonds is 4. The van der Waals surface area contributed by atoms with E-state index in [1.54, 1.807) is 0 Å². The van der Waals surface area contributed by atoms with Gasteiger partial charge in [-0.2, -0.15) is 0 Å². The van der Waals surface area contributed by atoms with Gasteiger partial charge in [0.05, 0.1) is 13.2 Å². The molecule has 1 aromatic rings. The highest BCUT2D eigenvalue weighted by Crippen LogP contribution is 2.18. The Bertz CT molecular complexity index is 386. The second kappa shape index (κ2) is 5.68.